The van der Waals surface area contributed by atoms with Gasteiger partial charge in [0, 0.05) is 16.8 Å². The van der Waals surface area contributed by atoms with E-state index in [1.165, 1.54) is 82.8 Å². The second-order valence-electron chi connectivity index (χ2n) is 10.0. The molecule has 4 aromatic rings. The third kappa shape index (κ3) is 3.09. The Labute approximate surface area is 196 Å². The van der Waals surface area contributed by atoms with Crippen molar-refractivity contribution < 1.29 is 8.39 Å². The number of nitrogens with zero attached hydrogens (tertiary/aromatic N) is 1. The summed E-state index contributed by atoms with van der Waals surface area (Å²) < 4.78 is 16.2. The standard InChI is InChI=1S/C29H30NO2P/c1-19-18-22-10-4-7-13-25(22)30(19)33-31-26-16-14-20-8-2-5-11-23(20)28(26)29-24-12-6-3-9-21(24)15-17-27(29)32-33/h4,7,10,13-17,19H,2-3,5-6,8-9,11-12,18H2,1H3/t19-/m1/s1. The summed E-state index contributed by atoms with van der Waals surface area (Å²) in [5.41, 5.74) is 10.7. The van der Waals surface area contributed by atoms with E-state index in [1.54, 1.807) is 0 Å². The van der Waals surface area contributed by atoms with Crippen molar-refractivity contribution in [2.45, 2.75) is 70.8 Å². The molecule has 1 aromatic heterocycles. The number of rotatable bonds is 1. The third-order valence-electron chi connectivity index (χ3n) is 7.94. The number of benzene rings is 3. The molecule has 0 saturated carbocycles. The summed E-state index contributed by atoms with van der Waals surface area (Å²) in [6.45, 7) is 2.29. The first-order chi connectivity index (χ1) is 16.3. The molecule has 33 heavy (non-hydrogen) atoms. The van der Waals surface area contributed by atoms with Crippen molar-refractivity contribution in [3.8, 4) is 0 Å². The Morgan fingerprint density at radius 2 is 1.27 bits per heavy atom. The third-order valence-corrected chi connectivity index (χ3v) is 9.61. The van der Waals surface area contributed by atoms with Gasteiger partial charge in [-0.1, -0.05) is 30.3 Å². The second-order valence-corrected chi connectivity index (χ2v) is 11.3. The van der Waals surface area contributed by atoms with Crippen LogP contribution in [0.3, 0.4) is 0 Å². The lowest BCUT2D eigenvalue weighted by Crippen LogP contribution is -2.20. The highest BCUT2D eigenvalue weighted by Crippen LogP contribution is 2.48. The van der Waals surface area contributed by atoms with E-state index in [2.05, 4.69) is 60.1 Å². The van der Waals surface area contributed by atoms with Crippen molar-refractivity contribution in [1.82, 2.24) is 0 Å². The molecule has 2 aliphatic carbocycles. The van der Waals surface area contributed by atoms with Crippen LogP contribution in [0, 0.1) is 0 Å². The highest BCUT2D eigenvalue weighted by Gasteiger charge is 2.31. The van der Waals surface area contributed by atoms with Gasteiger partial charge < -0.3 is 8.39 Å². The van der Waals surface area contributed by atoms with E-state index in [1.807, 2.05) is 0 Å². The van der Waals surface area contributed by atoms with Crippen LogP contribution in [0.5, 0.6) is 0 Å². The molecule has 3 nitrogen and oxygen atoms in total. The van der Waals surface area contributed by atoms with Crippen molar-refractivity contribution in [1.29, 1.82) is 0 Å². The Kier molecular flexibility index (Phi) is 4.62. The zero-order valence-electron chi connectivity index (χ0n) is 19.3. The minimum Gasteiger partial charge on any atom is -0.404 e. The lowest BCUT2D eigenvalue weighted by atomic mass is 9.84. The van der Waals surface area contributed by atoms with Crippen LogP contribution in [0.2, 0.25) is 0 Å². The van der Waals surface area contributed by atoms with Crippen LogP contribution in [0.1, 0.15) is 60.4 Å². The van der Waals surface area contributed by atoms with Gasteiger partial charge in [0.2, 0.25) is 0 Å². The summed E-state index contributed by atoms with van der Waals surface area (Å²) in [6.07, 6.45) is 10.8. The molecule has 4 heteroatoms. The van der Waals surface area contributed by atoms with Gasteiger partial charge in [-0.15, -0.1) is 0 Å². The topological polar surface area (TPSA) is 29.5 Å². The van der Waals surface area contributed by atoms with Gasteiger partial charge in [0.15, 0.2) is 0 Å². The van der Waals surface area contributed by atoms with Crippen LogP contribution in [-0.2, 0) is 32.1 Å². The molecule has 3 aliphatic rings. The fraction of sp³-hybridized carbons (Fsp3) is 0.379. The van der Waals surface area contributed by atoms with Gasteiger partial charge in [0.1, 0.15) is 11.2 Å². The number of para-hydroxylation sites is 1. The monoisotopic (exact) mass is 455 g/mol. The van der Waals surface area contributed by atoms with Gasteiger partial charge in [-0.05, 0) is 111 Å². The fourth-order valence-corrected chi connectivity index (χ4v) is 8.01. The van der Waals surface area contributed by atoms with Crippen molar-refractivity contribution in [3.05, 3.63) is 76.3 Å². The molecule has 3 aromatic carbocycles. The summed E-state index contributed by atoms with van der Waals surface area (Å²) in [4.78, 5) is 0. The summed E-state index contributed by atoms with van der Waals surface area (Å²) in [6, 6.07) is 18.2. The SMILES string of the molecule is C[C@@H]1Cc2ccccc2N1p1oc2ccc3c(c2c2c4c(ccc2o1)CCCC4)CCCC3. The maximum Gasteiger partial charge on any atom is 0.341 e. The van der Waals surface area contributed by atoms with Gasteiger partial charge in [-0.2, -0.15) is 0 Å². The smallest absolute Gasteiger partial charge is 0.341 e. The predicted molar refractivity (Wildman–Crippen MR) is 137 cm³/mol. The first-order valence-corrected chi connectivity index (χ1v) is 13.7. The molecule has 0 spiro atoms. The number of fused-ring (bicyclic) bond motifs is 8. The molecule has 1 atom stereocenters. The molecular weight excluding hydrogens is 425 g/mol. The Bertz CT molecular complexity index is 1360. The Balaban J connectivity index is 1.60. The molecular formula is C29H30NO2P. The molecule has 0 fully saturated rings. The van der Waals surface area contributed by atoms with Gasteiger partial charge in [0.25, 0.3) is 0 Å². The average Bonchev–Trinajstić information content (AvgIpc) is 3.08. The quantitative estimate of drug-likeness (QED) is 0.289. The van der Waals surface area contributed by atoms with Crippen molar-refractivity contribution in [2.24, 2.45) is 0 Å². The summed E-state index contributed by atoms with van der Waals surface area (Å²) in [7, 11) is -1.29. The number of aryl methyl sites for hydroxylation is 4. The van der Waals surface area contributed by atoms with Gasteiger partial charge in [-0.3, -0.25) is 4.67 Å². The molecule has 168 valence electrons. The van der Waals surface area contributed by atoms with Gasteiger partial charge >= 0.3 is 8.16 Å². The van der Waals surface area contributed by atoms with Crippen LogP contribution in [-0.4, -0.2) is 6.04 Å². The molecule has 0 N–H and O–H groups in total. The normalized spacial score (nSPS) is 19.4. The average molecular weight is 456 g/mol. The molecule has 0 unspecified atom stereocenters. The van der Waals surface area contributed by atoms with Gasteiger partial charge in [-0.25, -0.2) is 0 Å². The van der Waals surface area contributed by atoms with Crippen LogP contribution in [0.25, 0.3) is 21.9 Å². The van der Waals surface area contributed by atoms with Crippen LogP contribution in [0.15, 0.2) is 56.9 Å². The lowest BCUT2D eigenvalue weighted by molar-refractivity contribution is 0.620. The second kappa shape index (κ2) is 7.71. The maximum absolute atomic E-state index is 6.88. The zero-order valence-corrected chi connectivity index (χ0v) is 20.2. The largest absolute Gasteiger partial charge is 0.404 e. The first kappa shape index (κ1) is 19.8. The highest BCUT2D eigenvalue weighted by atomic mass is 31.1. The Hall–Kier alpha value is -2.64. The van der Waals surface area contributed by atoms with Crippen LogP contribution >= 0.6 is 8.16 Å². The van der Waals surface area contributed by atoms with E-state index >= 15 is 0 Å². The summed E-state index contributed by atoms with van der Waals surface area (Å²) >= 11 is 0. The molecule has 7 rings (SSSR count). The molecule has 2 heterocycles. The van der Waals surface area contributed by atoms with Gasteiger partial charge in [0.05, 0.1) is 5.69 Å². The molecule has 1 aliphatic heterocycles. The van der Waals surface area contributed by atoms with E-state index in [0.29, 0.717) is 6.04 Å². The lowest BCUT2D eigenvalue weighted by Gasteiger charge is -2.20. The van der Waals surface area contributed by atoms with Crippen LogP contribution < -0.4 is 4.67 Å². The minimum atomic E-state index is -1.29. The van der Waals surface area contributed by atoms with Crippen molar-refractivity contribution >= 4 is 35.8 Å². The van der Waals surface area contributed by atoms with E-state index in [0.717, 1.165) is 30.4 Å². The molecule has 0 amide bonds. The minimum absolute atomic E-state index is 0.355. The fourth-order valence-electron chi connectivity index (χ4n) is 6.39. The number of hydrogen-bond acceptors (Lipinski definition) is 3. The van der Waals surface area contributed by atoms with E-state index < -0.39 is 8.16 Å². The molecule has 0 bridgehead atoms. The number of hydrogen-bond donors (Lipinski definition) is 0. The van der Waals surface area contributed by atoms with Crippen LogP contribution in [0.4, 0.5) is 5.69 Å². The van der Waals surface area contributed by atoms with E-state index in [9.17, 15) is 0 Å². The maximum atomic E-state index is 6.88. The highest BCUT2D eigenvalue weighted by molar-refractivity contribution is 7.39. The summed E-state index contributed by atoms with van der Waals surface area (Å²) in [5, 5.41) is 2.68. The van der Waals surface area contributed by atoms with E-state index in [-0.39, 0.29) is 0 Å². The van der Waals surface area contributed by atoms with E-state index in [4.69, 9.17) is 8.39 Å². The Morgan fingerprint density at radius 3 is 1.91 bits per heavy atom. The number of anilines is 1. The van der Waals surface area contributed by atoms with Crippen molar-refractivity contribution in [2.75, 3.05) is 4.67 Å². The zero-order chi connectivity index (χ0) is 21.9. The Morgan fingerprint density at radius 1 is 0.697 bits per heavy atom. The van der Waals surface area contributed by atoms with Crippen molar-refractivity contribution in [3.63, 3.8) is 0 Å². The molecule has 0 radical (unpaired) electrons. The predicted octanol–water partition coefficient (Wildman–Crippen LogP) is 8.26. The first-order valence-electron chi connectivity index (χ1n) is 12.6. The summed E-state index contributed by atoms with van der Waals surface area (Å²) in [5.74, 6) is 0. The molecule has 0 saturated heterocycles.